The fourth-order valence-corrected chi connectivity index (χ4v) is 1.90. The largest absolute Gasteiger partial charge is 0.437 e. The van der Waals surface area contributed by atoms with Gasteiger partial charge in [-0.15, -0.1) is 0 Å². The van der Waals surface area contributed by atoms with Crippen LogP contribution in [0, 0.1) is 19.3 Å². The van der Waals surface area contributed by atoms with E-state index in [0.29, 0.717) is 17.2 Å². The molecule has 0 saturated heterocycles. The van der Waals surface area contributed by atoms with Gasteiger partial charge in [-0.1, -0.05) is 6.92 Å². The molecule has 0 atom stereocenters. The van der Waals surface area contributed by atoms with Gasteiger partial charge in [0.15, 0.2) is 5.75 Å². The first-order chi connectivity index (χ1) is 9.49. The van der Waals surface area contributed by atoms with E-state index in [1.54, 1.807) is 12.1 Å². The standard InChI is InChI=1S/C15H18N4O/c1-4-12-13(6-5-9(2)18-12)20-14-8-11(15(16)17)7-10(3)19-14/h5-8H,4H2,1-3H3,(H3,16,17). The molecule has 5 heteroatoms. The molecule has 2 aromatic heterocycles. The Balaban J connectivity index is 2.37. The van der Waals surface area contributed by atoms with Crippen molar-refractivity contribution in [1.82, 2.24) is 9.97 Å². The van der Waals surface area contributed by atoms with Crippen LogP contribution >= 0.6 is 0 Å². The van der Waals surface area contributed by atoms with Gasteiger partial charge in [-0.3, -0.25) is 10.4 Å². The predicted octanol–water partition coefficient (Wildman–Crippen LogP) is 2.73. The second kappa shape index (κ2) is 5.69. The SMILES string of the molecule is CCc1nc(C)ccc1Oc1cc(C(=N)N)cc(C)n1. The van der Waals surface area contributed by atoms with Crippen molar-refractivity contribution in [1.29, 1.82) is 5.41 Å². The first kappa shape index (κ1) is 14.0. The van der Waals surface area contributed by atoms with E-state index in [9.17, 15) is 0 Å². The molecule has 0 saturated carbocycles. The van der Waals surface area contributed by atoms with Crippen LogP contribution in [0.15, 0.2) is 24.3 Å². The van der Waals surface area contributed by atoms with Gasteiger partial charge in [-0.05, 0) is 38.5 Å². The highest BCUT2D eigenvalue weighted by Gasteiger charge is 2.09. The number of amidine groups is 1. The number of ether oxygens (including phenoxy) is 1. The summed E-state index contributed by atoms with van der Waals surface area (Å²) in [6.45, 7) is 5.81. The van der Waals surface area contributed by atoms with Crippen LogP contribution in [0.1, 0.15) is 29.6 Å². The number of pyridine rings is 2. The van der Waals surface area contributed by atoms with Crippen molar-refractivity contribution in [2.45, 2.75) is 27.2 Å². The molecule has 0 aliphatic heterocycles. The summed E-state index contributed by atoms with van der Waals surface area (Å²) >= 11 is 0. The lowest BCUT2D eigenvalue weighted by Crippen LogP contribution is -2.11. The number of aromatic nitrogens is 2. The normalized spacial score (nSPS) is 10.3. The monoisotopic (exact) mass is 270 g/mol. The minimum Gasteiger partial charge on any atom is -0.437 e. The molecular weight excluding hydrogens is 252 g/mol. The van der Waals surface area contributed by atoms with Crippen molar-refractivity contribution in [2.75, 3.05) is 0 Å². The third kappa shape index (κ3) is 3.12. The van der Waals surface area contributed by atoms with Crippen LogP contribution in [0.5, 0.6) is 11.6 Å². The van der Waals surface area contributed by atoms with E-state index in [2.05, 4.69) is 9.97 Å². The van der Waals surface area contributed by atoms with E-state index in [-0.39, 0.29) is 5.84 Å². The fraction of sp³-hybridized carbons (Fsp3) is 0.267. The summed E-state index contributed by atoms with van der Waals surface area (Å²) in [7, 11) is 0. The number of rotatable bonds is 4. The van der Waals surface area contributed by atoms with Crippen molar-refractivity contribution in [3.8, 4) is 11.6 Å². The van der Waals surface area contributed by atoms with Crippen LogP contribution < -0.4 is 10.5 Å². The lowest BCUT2D eigenvalue weighted by Gasteiger charge is -2.11. The molecule has 3 N–H and O–H groups in total. The van der Waals surface area contributed by atoms with E-state index >= 15 is 0 Å². The van der Waals surface area contributed by atoms with Gasteiger partial charge in [-0.2, -0.15) is 0 Å². The Kier molecular flexibility index (Phi) is 3.98. The first-order valence-electron chi connectivity index (χ1n) is 6.47. The molecule has 0 aliphatic carbocycles. The maximum Gasteiger partial charge on any atom is 0.220 e. The zero-order chi connectivity index (χ0) is 14.7. The van der Waals surface area contributed by atoms with Crippen LogP contribution in [0.3, 0.4) is 0 Å². The number of nitrogens with two attached hydrogens (primary N) is 1. The number of nitrogens with one attached hydrogen (secondary N) is 1. The van der Waals surface area contributed by atoms with Crippen LogP contribution in [0.4, 0.5) is 0 Å². The quantitative estimate of drug-likeness (QED) is 0.660. The van der Waals surface area contributed by atoms with Crippen LogP contribution in [-0.4, -0.2) is 15.8 Å². The Morgan fingerprint density at radius 3 is 2.60 bits per heavy atom. The van der Waals surface area contributed by atoms with Gasteiger partial charge in [0.25, 0.3) is 0 Å². The van der Waals surface area contributed by atoms with E-state index in [1.165, 1.54) is 0 Å². The maximum atomic E-state index is 7.50. The molecule has 20 heavy (non-hydrogen) atoms. The third-order valence-corrected chi connectivity index (χ3v) is 2.86. The number of aryl methyl sites for hydroxylation is 3. The highest BCUT2D eigenvalue weighted by atomic mass is 16.5. The minimum absolute atomic E-state index is 0.00176. The van der Waals surface area contributed by atoms with Crippen LogP contribution in [0.25, 0.3) is 0 Å². The van der Waals surface area contributed by atoms with Gasteiger partial charge in [0.2, 0.25) is 5.88 Å². The molecule has 0 aromatic carbocycles. The molecule has 2 aromatic rings. The topological polar surface area (TPSA) is 84.9 Å². The van der Waals surface area contributed by atoms with Crippen LogP contribution in [-0.2, 0) is 6.42 Å². The fourth-order valence-electron chi connectivity index (χ4n) is 1.90. The van der Waals surface area contributed by atoms with E-state index in [1.807, 2.05) is 32.9 Å². The molecule has 5 nitrogen and oxygen atoms in total. The Hall–Kier alpha value is -2.43. The zero-order valence-electron chi connectivity index (χ0n) is 11.9. The Morgan fingerprint density at radius 1 is 1.20 bits per heavy atom. The van der Waals surface area contributed by atoms with Crippen molar-refractivity contribution < 1.29 is 4.74 Å². The zero-order valence-corrected chi connectivity index (χ0v) is 11.9. The van der Waals surface area contributed by atoms with E-state index < -0.39 is 0 Å². The first-order valence-corrected chi connectivity index (χ1v) is 6.47. The summed E-state index contributed by atoms with van der Waals surface area (Å²) in [5.74, 6) is 1.11. The summed E-state index contributed by atoms with van der Waals surface area (Å²) in [5.41, 5.74) is 8.71. The lowest BCUT2D eigenvalue weighted by molar-refractivity contribution is 0.452. The Bertz CT molecular complexity index is 652. The molecule has 0 unspecified atom stereocenters. The molecule has 0 amide bonds. The van der Waals surface area contributed by atoms with Crippen molar-refractivity contribution >= 4 is 5.84 Å². The van der Waals surface area contributed by atoms with Crippen molar-refractivity contribution in [3.05, 3.63) is 46.9 Å². The molecule has 2 heterocycles. The smallest absolute Gasteiger partial charge is 0.220 e. The lowest BCUT2D eigenvalue weighted by atomic mass is 10.2. The Morgan fingerprint density at radius 2 is 1.95 bits per heavy atom. The predicted molar refractivity (Wildman–Crippen MR) is 78.4 cm³/mol. The maximum absolute atomic E-state index is 7.50. The van der Waals surface area contributed by atoms with Gasteiger partial charge in [0.1, 0.15) is 5.84 Å². The average Bonchev–Trinajstić information content (AvgIpc) is 2.40. The summed E-state index contributed by atoms with van der Waals surface area (Å²) in [6.07, 6.45) is 0.780. The number of nitrogens with zero attached hydrogens (tertiary/aromatic N) is 2. The number of hydrogen-bond acceptors (Lipinski definition) is 4. The van der Waals surface area contributed by atoms with Crippen molar-refractivity contribution in [3.63, 3.8) is 0 Å². The summed E-state index contributed by atoms with van der Waals surface area (Å²) in [6, 6.07) is 7.20. The van der Waals surface area contributed by atoms with Gasteiger partial charge < -0.3 is 10.5 Å². The van der Waals surface area contributed by atoms with E-state index in [0.717, 1.165) is 23.5 Å². The molecule has 0 radical (unpaired) electrons. The van der Waals surface area contributed by atoms with Gasteiger partial charge in [0, 0.05) is 23.0 Å². The van der Waals surface area contributed by atoms with Gasteiger partial charge in [0.05, 0.1) is 5.69 Å². The second-order valence-corrected chi connectivity index (χ2v) is 4.60. The highest BCUT2D eigenvalue weighted by Crippen LogP contribution is 2.24. The minimum atomic E-state index is -0.00176. The summed E-state index contributed by atoms with van der Waals surface area (Å²) in [5, 5.41) is 7.50. The second-order valence-electron chi connectivity index (χ2n) is 4.60. The van der Waals surface area contributed by atoms with Crippen LogP contribution in [0.2, 0.25) is 0 Å². The number of nitrogen functional groups attached to an aromatic ring is 1. The molecule has 0 spiro atoms. The Labute approximate surface area is 118 Å². The molecule has 0 fully saturated rings. The molecular formula is C15H18N4O. The molecule has 104 valence electrons. The van der Waals surface area contributed by atoms with Gasteiger partial charge in [-0.25, -0.2) is 4.98 Å². The number of hydrogen-bond donors (Lipinski definition) is 2. The average molecular weight is 270 g/mol. The molecule has 0 bridgehead atoms. The summed E-state index contributed by atoms with van der Waals surface area (Å²) < 4.78 is 5.80. The van der Waals surface area contributed by atoms with Crippen molar-refractivity contribution in [2.24, 2.45) is 5.73 Å². The molecule has 2 rings (SSSR count). The third-order valence-electron chi connectivity index (χ3n) is 2.86. The van der Waals surface area contributed by atoms with E-state index in [4.69, 9.17) is 15.9 Å². The van der Waals surface area contributed by atoms with Gasteiger partial charge >= 0.3 is 0 Å². The summed E-state index contributed by atoms with van der Waals surface area (Å²) in [4.78, 5) is 8.76. The molecule has 0 aliphatic rings. The highest BCUT2D eigenvalue weighted by molar-refractivity contribution is 5.95.